The average Bonchev–Trinajstić information content (AvgIpc) is 1.40. The van der Waals surface area contributed by atoms with Crippen LogP contribution in [0.25, 0.3) is 0 Å². The Morgan fingerprint density at radius 2 is 1.09 bits per heavy atom. The Hall–Kier alpha value is -9.48. The van der Waals surface area contributed by atoms with Crippen molar-refractivity contribution in [1.82, 2.24) is 20.9 Å². The fourth-order valence-electron chi connectivity index (χ4n) is 9.19. The molecule has 0 aliphatic carbocycles. The largest absolute Gasteiger partial charge is 0.508 e. The SMILES string of the molecule is Cc1cc(O)cc(C)c1C[C@H](N)C(=O)c1c(C[C@@H](C(N)=O)N(C(=O)OCc2ccccc2)C(=O)[C@H](N)CCCN=C(NC(=O)OCc2ccccc2)NC(=O)OCc2ccccc2)cccc1C(=O)[C@@H](N)CCCCNC(=O)OCc1ccccc1Cl. The monoisotopic (exact) mass is 1210 g/mol. The fraction of sp³-hybridized carbons (Fsp3) is 0.297. The van der Waals surface area contributed by atoms with Gasteiger partial charge in [-0.15, -0.1) is 0 Å². The van der Waals surface area contributed by atoms with Crippen LogP contribution in [0.15, 0.2) is 151 Å². The molecule has 6 aromatic carbocycles. The van der Waals surface area contributed by atoms with E-state index in [1.807, 2.05) is 0 Å². The number of nitrogens with one attached hydrogen (secondary N) is 3. The molecule has 6 amide bonds. The van der Waals surface area contributed by atoms with Crippen LogP contribution in [0.2, 0.25) is 5.02 Å². The van der Waals surface area contributed by atoms with Crippen molar-refractivity contribution >= 4 is 65.3 Å². The minimum absolute atomic E-state index is 0.00347. The second-order valence-electron chi connectivity index (χ2n) is 20.4. The van der Waals surface area contributed by atoms with Gasteiger partial charge in [-0.05, 0) is 110 Å². The van der Waals surface area contributed by atoms with E-state index in [1.54, 1.807) is 129 Å². The Morgan fingerprint density at radius 3 is 1.66 bits per heavy atom. The molecule has 0 aliphatic rings. The quantitative estimate of drug-likeness (QED) is 0.00760. The third-order valence-electron chi connectivity index (χ3n) is 13.8. The number of carbonyl (C=O) groups is 8. The number of benzene rings is 6. The summed E-state index contributed by atoms with van der Waals surface area (Å²) in [6.07, 6.45) is -4.00. The summed E-state index contributed by atoms with van der Waals surface area (Å²) in [5, 5.41) is 18.2. The van der Waals surface area contributed by atoms with Crippen molar-refractivity contribution in [3.63, 3.8) is 0 Å². The first kappa shape index (κ1) is 66.7. The zero-order chi connectivity index (χ0) is 62.8. The van der Waals surface area contributed by atoms with Crippen molar-refractivity contribution in [2.75, 3.05) is 13.1 Å². The highest BCUT2D eigenvalue weighted by Crippen LogP contribution is 2.27. The summed E-state index contributed by atoms with van der Waals surface area (Å²) in [5.41, 5.74) is 30.0. The van der Waals surface area contributed by atoms with E-state index in [2.05, 4.69) is 20.9 Å². The van der Waals surface area contributed by atoms with E-state index < -0.39 is 78.3 Å². The second kappa shape index (κ2) is 33.9. The lowest BCUT2D eigenvalue weighted by molar-refractivity contribution is -0.138. The Labute approximate surface area is 508 Å². The van der Waals surface area contributed by atoms with Gasteiger partial charge >= 0.3 is 24.4 Å². The van der Waals surface area contributed by atoms with Crippen LogP contribution < -0.4 is 38.9 Å². The van der Waals surface area contributed by atoms with Crippen molar-refractivity contribution < 1.29 is 62.4 Å². The molecular formula is C64H72ClN9O13. The van der Waals surface area contributed by atoms with Gasteiger partial charge in [0.15, 0.2) is 11.6 Å². The number of guanidine groups is 1. The van der Waals surface area contributed by atoms with Crippen molar-refractivity contribution in [2.24, 2.45) is 27.9 Å². The number of carbonyl (C=O) groups excluding carboxylic acids is 8. The molecule has 4 atom stereocenters. The van der Waals surface area contributed by atoms with Gasteiger partial charge in [-0.3, -0.25) is 34.8 Å². The Balaban J connectivity index is 1.24. The maximum Gasteiger partial charge on any atom is 0.417 e. The minimum atomic E-state index is -1.90. The first-order valence-electron chi connectivity index (χ1n) is 28.0. The molecule has 6 aromatic rings. The number of halogens is 1. The number of rotatable bonds is 28. The summed E-state index contributed by atoms with van der Waals surface area (Å²) >= 11 is 6.18. The van der Waals surface area contributed by atoms with Crippen molar-refractivity contribution in [3.05, 3.63) is 206 Å². The first-order valence-corrected chi connectivity index (χ1v) is 28.4. The number of phenolic OH excluding ortho intramolecular Hbond substituents is 1. The van der Waals surface area contributed by atoms with E-state index in [1.165, 1.54) is 30.3 Å². The number of unbranched alkanes of at least 4 members (excludes halogenated alkanes) is 1. The van der Waals surface area contributed by atoms with Gasteiger partial charge in [0.2, 0.25) is 17.8 Å². The van der Waals surface area contributed by atoms with Crippen LogP contribution in [0.4, 0.5) is 19.2 Å². The molecule has 6 rings (SSSR count). The van der Waals surface area contributed by atoms with Gasteiger partial charge in [-0.2, -0.15) is 0 Å². The van der Waals surface area contributed by atoms with E-state index in [0.29, 0.717) is 61.7 Å². The summed E-state index contributed by atoms with van der Waals surface area (Å²) in [5.74, 6) is -4.12. The lowest BCUT2D eigenvalue weighted by atomic mass is 9.84. The maximum atomic E-state index is 15.0. The molecule has 0 spiro atoms. The van der Waals surface area contributed by atoms with Gasteiger partial charge in [-0.1, -0.05) is 139 Å². The van der Waals surface area contributed by atoms with Gasteiger partial charge in [0.1, 0.15) is 38.2 Å². The summed E-state index contributed by atoms with van der Waals surface area (Å²) in [6.45, 7) is 2.86. The molecule has 23 heteroatoms. The van der Waals surface area contributed by atoms with Crippen LogP contribution in [-0.2, 0) is 67.8 Å². The van der Waals surface area contributed by atoms with E-state index in [-0.39, 0.29) is 93.6 Å². The molecule has 0 aromatic heterocycles. The van der Waals surface area contributed by atoms with Gasteiger partial charge < -0.3 is 52.3 Å². The summed E-state index contributed by atoms with van der Waals surface area (Å²) in [6, 6.07) is 34.4. The predicted molar refractivity (Wildman–Crippen MR) is 325 cm³/mol. The lowest BCUT2D eigenvalue weighted by Crippen LogP contribution is -2.56. The number of phenols is 1. The zero-order valence-corrected chi connectivity index (χ0v) is 49.0. The average molecular weight is 1210 g/mol. The molecule has 0 aliphatic heterocycles. The third-order valence-corrected chi connectivity index (χ3v) is 14.2. The van der Waals surface area contributed by atoms with E-state index in [9.17, 15) is 43.5 Å². The van der Waals surface area contributed by atoms with Crippen LogP contribution in [0.3, 0.4) is 0 Å². The molecule has 0 heterocycles. The molecule has 87 heavy (non-hydrogen) atoms. The molecule has 458 valence electrons. The number of aromatic hydroxyl groups is 1. The molecule has 0 radical (unpaired) electrons. The number of alkyl carbamates (subject to hydrolysis) is 3. The predicted octanol–water partition coefficient (Wildman–Crippen LogP) is 7.90. The van der Waals surface area contributed by atoms with Gasteiger partial charge in [0.25, 0.3) is 0 Å². The third kappa shape index (κ3) is 20.9. The van der Waals surface area contributed by atoms with Crippen LogP contribution in [-0.4, -0.2) is 101 Å². The van der Waals surface area contributed by atoms with Crippen molar-refractivity contribution in [2.45, 2.75) is 109 Å². The van der Waals surface area contributed by atoms with Crippen LogP contribution in [0.1, 0.15) is 97.3 Å². The van der Waals surface area contributed by atoms with Gasteiger partial charge in [0, 0.05) is 41.2 Å². The number of nitrogens with two attached hydrogens (primary N) is 4. The number of hydrogen-bond donors (Lipinski definition) is 8. The van der Waals surface area contributed by atoms with Gasteiger partial charge in [-0.25, -0.2) is 24.1 Å². The highest BCUT2D eigenvalue weighted by molar-refractivity contribution is 6.31. The minimum Gasteiger partial charge on any atom is -0.508 e. The fourth-order valence-corrected chi connectivity index (χ4v) is 9.38. The molecule has 0 unspecified atom stereocenters. The normalized spacial score (nSPS) is 12.2. The number of imide groups is 1. The van der Waals surface area contributed by atoms with Crippen LogP contribution >= 0.6 is 11.6 Å². The summed E-state index contributed by atoms with van der Waals surface area (Å²) in [7, 11) is 0. The number of hydrogen-bond acceptors (Lipinski definition) is 17. The number of primary amides is 1. The number of ether oxygens (including phenoxy) is 4. The van der Waals surface area contributed by atoms with Gasteiger partial charge in [0.05, 0.1) is 18.1 Å². The number of nitrogens with zero attached hydrogens (tertiary/aromatic N) is 2. The smallest absolute Gasteiger partial charge is 0.417 e. The molecular weight excluding hydrogens is 1140 g/mol. The Morgan fingerprint density at radius 1 is 0.575 bits per heavy atom. The molecule has 0 saturated carbocycles. The number of Topliss-reactive ketones (excluding diaryl/α,β-unsaturated/α-hetero) is 2. The van der Waals surface area contributed by atoms with E-state index in [4.69, 9.17) is 53.5 Å². The topological polar surface area (TPSA) is 349 Å². The molecule has 12 N–H and O–H groups in total. The Kier molecular flexibility index (Phi) is 25.9. The summed E-state index contributed by atoms with van der Waals surface area (Å²) in [4.78, 5) is 116. The lowest BCUT2D eigenvalue weighted by Gasteiger charge is -2.30. The van der Waals surface area contributed by atoms with Crippen LogP contribution in [0, 0.1) is 13.8 Å². The number of aryl methyl sites for hydroxylation is 2. The molecule has 0 bridgehead atoms. The summed E-state index contributed by atoms with van der Waals surface area (Å²) < 4.78 is 21.6. The molecule has 0 fully saturated rings. The number of aliphatic imine (C=N–C) groups is 1. The zero-order valence-electron chi connectivity index (χ0n) is 48.3. The standard InChI is InChI=1S/C64H72ClN9O13/c1-40-32-47(75)33-41(2)49(40)35-53(68)57(77)55-45(25-16-26-48(55)56(76)51(66)28-14-15-30-71-61(80)86-39-46-24-12-13-27-50(46)65)34-54(58(69)78)74(64(83)87-38-44-22-10-5-11-23-44)59(79)52(67)29-17-31-70-60(72-62(81)84-36-42-18-6-3-7-19-42)73-63(82)85-37-43-20-8-4-9-21-43/h3-13,16,18-27,32-33,51-54,75H,14-15,17,28-31,34-39,66-68H2,1-2H3,(H2,69,78)(H,71,80)(H2,70,72,73,81,82)/t51-,52+,53-,54-/m0/s1. The molecule has 0 saturated heterocycles. The van der Waals surface area contributed by atoms with Crippen molar-refractivity contribution in [1.29, 1.82) is 0 Å². The highest BCUT2D eigenvalue weighted by Gasteiger charge is 2.39. The van der Waals surface area contributed by atoms with E-state index >= 15 is 0 Å². The number of amides is 6. The number of ketones is 2. The van der Waals surface area contributed by atoms with Crippen LogP contribution in [0.5, 0.6) is 5.75 Å². The highest BCUT2D eigenvalue weighted by atomic mass is 35.5. The Bertz CT molecular complexity index is 3290. The van der Waals surface area contributed by atoms with E-state index in [0.717, 1.165) is 0 Å². The molecule has 22 nitrogen and oxygen atoms in total. The van der Waals surface area contributed by atoms with Crippen molar-refractivity contribution in [3.8, 4) is 5.75 Å². The first-order chi connectivity index (χ1) is 41.8. The second-order valence-corrected chi connectivity index (χ2v) is 20.8. The maximum absolute atomic E-state index is 15.0.